The van der Waals surface area contributed by atoms with Gasteiger partial charge in [-0.15, -0.1) is 0 Å². The van der Waals surface area contributed by atoms with Crippen LogP contribution in [-0.4, -0.2) is 41.1 Å². The Morgan fingerprint density at radius 2 is 2.42 bits per heavy atom. The summed E-state index contributed by atoms with van der Waals surface area (Å²) in [6.07, 6.45) is 2.62. The number of pyridine rings is 1. The summed E-state index contributed by atoms with van der Waals surface area (Å²) in [7, 11) is 0. The fourth-order valence-corrected chi connectivity index (χ4v) is 2.32. The minimum atomic E-state index is 0.0408. The zero-order valence-electron chi connectivity index (χ0n) is 11.5. The van der Waals surface area contributed by atoms with Crippen molar-refractivity contribution in [1.82, 2.24) is 9.88 Å². The molecule has 1 fully saturated rings. The van der Waals surface area contributed by atoms with Gasteiger partial charge in [0.25, 0.3) is 5.91 Å². The standard InChI is InChI=1S/C14H21N3O2/c1-3-13-9-19-10(2)8-17(13)14(18)11-4-5-16-12(6-11)7-15/h4-6,10,13H,3,7-9,15H2,1-2H3. The van der Waals surface area contributed by atoms with Crippen LogP contribution in [-0.2, 0) is 11.3 Å². The number of carbonyl (C=O) groups excluding carboxylic acids is 1. The number of aromatic nitrogens is 1. The van der Waals surface area contributed by atoms with Gasteiger partial charge in [0, 0.05) is 24.8 Å². The minimum absolute atomic E-state index is 0.0408. The molecule has 2 atom stereocenters. The lowest BCUT2D eigenvalue weighted by Crippen LogP contribution is -2.51. The van der Waals surface area contributed by atoms with Crippen molar-refractivity contribution in [3.8, 4) is 0 Å². The van der Waals surface area contributed by atoms with Gasteiger partial charge in [0.15, 0.2) is 0 Å². The lowest BCUT2D eigenvalue weighted by atomic mass is 10.1. The summed E-state index contributed by atoms with van der Waals surface area (Å²) in [5, 5.41) is 0. The molecule has 1 aliphatic rings. The molecule has 0 radical (unpaired) electrons. The highest BCUT2D eigenvalue weighted by molar-refractivity contribution is 5.94. The Morgan fingerprint density at radius 1 is 1.63 bits per heavy atom. The van der Waals surface area contributed by atoms with E-state index in [0.717, 1.165) is 12.1 Å². The smallest absolute Gasteiger partial charge is 0.254 e. The number of rotatable bonds is 3. The molecule has 0 saturated carbocycles. The molecule has 1 amide bonds. The monoisotopic (exact) mass is 263 g/mol. The molecular formula is C14H21N3O2. The Hall–Kier alpha value is -1.46. The van der Waals surface area contributed by atoms with E-state index in [2.05, 4.69) is 11.9 Å². The fourth-order valence-electron chi connectivity index (χ4n) is 2.32. The van der Waals surface area contributed by atoms with Crippen LogP contribution in [0, 0.1) is 0 Å². The first kappa shape index (κ1) is 14.0. The molecule has 0 aromatic carbocycles. The van der Waals surface area contributed by atoms with Gasteiger partial charge in [-0.2, -0.15) is 0 Å². The van der Waals surface area contributed by atoms with E-state index in [4.69, 9.17) is 10.5 Å². The highest BCUT2D eigenvalue weighted by Gasteiger charge is 2.30. The Bertz CT molecular complexity index is 450. The van der Waals surface area contributed by atoms with Gasteiger partial charge in [0.05, 0.1) is 24.4 Å². The summed E-state index contributed by atoms with van der Waals surface area (Å²) in [6, 6.07) is 3.67. The molecule has 0 bridgehead atoms. The second-order valence-electron chi connectivity index (χ2n) is 4.90. The molecule has 0 aliphatic carbocycles. The highest BCUT2D eigenvalue weighted by atomic mass is 16.5. The first-order valence-electron chi connectivity index (χ1n) is 6.73. The lowest BCUT2D eigenvalue weighted by Gasteiger charge is -2.38. The Balaban J connectivity index is 2.20. The van der Waals surface area contributed by atoms with Gasteiger partial charge in [-0.3, -0.25) is 9.78 Å². The van der Waals surface area contributed by atoms with Crippen LogP contribution in [0.4, 0.5) is 0 Å². The van der Waals surface area contributed by atoms with Crippen molar-refractivity contribution in [3.63, 3.8) is 0 Å². The maximum absolute atomic E-state index is 12.6. The first-order valence-corrected chi connectivity index (χ1v) is 6.73. The van der Waals surface area contributed by atoms with Gasteiger partial charge in [-0.25, -0.2) is 0 Å². The van der Waals surface area contributed by atoms with Gasteiger partial charge in [-0.1, -0.05) is 6.92 Å². The molecule has 1 aromatic heterocycles. The normalized spacial score (nSPS) is 23.4. The molecule has 1 aromatic rings. The molecule has 2 unspecified atom stereocenters. The van der Waals surface area contributed by atoms with Crippen LogP contribution in [0.25, 0.3) is 0 Å². The van der Waals surface area contributed by atoms with Gasteiger partial charge in [0.2, 0.25) is 0 Å². The molecule has 5 nitrogen and oxygen atoms in total. The third kappa shape index (κ3) is 3.11. The molecule has 2 N–H and O–H groups in total. The van der Waals surface area contributed by atoms with Crippen LogP contribution in [0.2, 0.25) is 0 Å². The van der Waals surface area contributed by atoms with Crippen molar-refractivity contribution in [2.24, 2.45) is 5.73 Å². The molecule has 2 rings (SSSR count). The largest absolute Gasteiger partial charge is 0.375 e. The highest BCUT2D eigenvalue weighted by Crippen LogP contribution is 2.18. The summed E-state index contributed by atoms with van der Waals surface area (Å²) in [4.78, 5) is 18.6. The zero-order valence-corrected chi connectivity index (χ0v) is 11.5. The van der Waals surface area contributed by atoms with Gasteiger partial charge in [-0.05, 0) is 25.5 Å². The van der Waals surface area contributed by atoms with Crippen LogP contribution in [0.3, 0.4) is 0 Å². The van der Waals surface area contributed by atoms with Crippen LogP contribution < -0.4 is 5.73 Å². The molecule has 5 heteroatoms. The van der Waals surface area contributed by atoms with E-state index in [1.807, 2.05) is 11.8 Å². The summed E-state index contributed by atoms with van der Waals surface area (Å²) in [6.45, 7) is 5.65. The predicted molar refractivity (Wildman–Crippen MR) is 72.7 cm³/mol. The second-order valence-corrected chi connectivity index (χ2v) is 4.90. The van der Waals surface area contributed by atoms with E-state index in [1.54, 1.807) is 18.3 Å². The van der Waals surface area contributed by atoms with Crippen molar-refractivity contribution < 1.29 is 9.53 Å². The van der Waals surface area contributed by atoms with Gasteiger partial charge >= 0.3 is 0 Å². The molecule has 0 spiro atoms. The SMILES string of the molecule is CCC1COC(C)CN1C(=O)c1ccnc(CN)c1. The zero-order chi connectivity index (χ0) is 13.8. The van der Waals surface area contributed by atoms with E-state index in [-0.39, 0.29) is 18.1 Å². The van der Waals surface area contributed by atoms with Crippen LogP contribution >= 0.6 is 0 Å². The fraction of sp³-hybridized carbons (Fsp3) is 0.571. The minimum Gasteiger partial charge on any atom is -0.375 e. The predicted octanol–water partition coefficient (Wildman–Crippen LogP) is 1.18. The molecule has 2 heterocycles. The number of nitrogens with two attached hydrogens (primary N) is 1. The molecule has 104 valence electrons. The number of carbonyl (C=O) groups is 1. The van der Waals surface area contributed by atoms with Crippen LogP contribution in [0.5, 0.6) is 0 Å². The number of nitrogens with zero attached hydrogens (tertiary/aromatic N) is 2. The topological polar surface area (TPSA) is 68.5 Å². The quantitative estimate of drug-likeness (QED) is 0.889. The number of ether oxygens (including phenoxy) is 1. The number of hydrogen-bond acceptors (Lipinski definition) is 4. The Kier molecular flexibility index (Phi) is 4.50. The van der Waals surface area contributed by atoms with Crippen molar-refractivity contribution in [2.75, 3.05) is 13.2 Å². The maximum Gasteiger partial charge on any atom is 0.254 e. The van der Waals surface area contributed by atoms with Crippen LogP contribution in [0.1, 0.15) is 36.3 Å². The second kappa shape index (κ2) is 6.12. The van der Waals surface area contributed by atoms with E-state index < -0.39 is 0 Å². The molecule has 1 aliphatic heterocycles. The van der Waals surface area contributed by atoms with Crippen molar-refractivity contribution in [3.05, 3.63) is 29.6 Å². The number of hydrogen-bond donors (Lipinski definition) is 1. The van der Waals surface area contributed by atoms with Crippen molar-refractivity contribution >= 4 is 5.91 Å². The maximum atomic E-state index is 12.6. The number of amides is 1. The van der Waals surface area contributed by atoms with E-state index >= 15 is 0 Å². The van der Waals surface area contributed by atoms with Gasteiger partial charge < -0.3 is 15.4 Å². The summed E-state index contributed by atoms with van der Waals surface area (Å²) >= 11 is 0. The Morgan fingerprint density at radius 3 is 3.11 bits per heavy atom. The number of morpholine rings is 1. The molecule has 1 saturated heterocycles. The van der Waals surface area contributed by atoms with Crippen LogP contribution in [0.15, 0.2) is 18.3 Å². The lowest BCUT2D eigenvalue weighted by molar-refractivity contribution is -0.0444. The first-order chi connectivity index (χ1) is 9.15. The summed E-state index contributed by atoms with van der Waals surface area (Å²) < 4.78 is 5.62. The average molecular weight is 263 g/mol. The molecular weight excluding hydrogens is 242 g/mol. The Labute approximate surface area is 113 Å². The third-order valence-corrected chi connectivity index (χ3v) is 3.47. The van der Waals surface area contributed by atoms with E-state index in [1.165, 1.54) is 0 Å². The third-order valence-electron chi connectivity index (χ3n) is 3.47. The van der Waals surface area contributed by atoms with E-state index in [9.17, 15) is 4.79 Å². The summed E-state index contributed by atoms with van der Waals surface area (Å²) in [5.74, 6) is 0.0408. The van der Waals surface area contributed by atoms with Crippen molar-refractivity contribution in [1.29, 1.82) is 0 Å². The average Bonchev–Trinajstić information content (AvgIpc) is 2.46. The van der Waals surface area contributed by atoms with Gasteiger partial charge in [0.1, 0.15) is 0 Å². The summed E-state index contributed by atoms with van der Waals surface area (Å²) in [5.41, 5.74) is 6.96. The molecule has 19 heavy (non-hydrogen) atoms. The van der Waals surface area contributed by atoms with E-state index in [0.29, 0.717) is 25.3 Å². The van der Waals surface area contributed by atoms with Crippen molar-refractivity contribution in [2.45, 2.75) is 39.0 Å².